The quantitative estimate of drug-likeness (QED) is 0.280. The monoisotopic (exact) mass is 541 g/mol. The third-order valence-electron chi connectivity index (χ3n) is 6.37. The fourth-order valence-corrected chi connectivity index (χ4v) is 4.40. The molecule has 8 nitrogen and oxygen atoms in total. The Morgan fingerprint density at radius 3 is 2.40 bits per heavy atom. The van der Waals surface area contributed by atoms with Gasteiger partial charge >= 0.3 is 0 Å². The average Bonchev–Trinajstić information content (AvgIpc) is 3.37. The Labute approximate surface area is 228 Å². The molecule has 4 aromatic carbocycles. The number of amides is 2. The number of aromatic nitrogens is 3. The molecule has 0 radical (unpaired) electrons. The highest BCUT2D eigenvalue weighted by Crippen LogP contribution is 2.27. The Bertz CT molecular complexity index is 1640. The van der Waals surface area contributed by atoms with E-state index in [-0.39, 0.29) is 18.7 Å². The second-order valence-corrected chi connectivity index (χ2v) is 9.06. The summed E-state index contributed by atoms with van der Waals surface area (Å²) in [5.74, 6) is -1.42. The molecular weight excluding hydrogens is 516 g/mol. The van der Waals surface area contributed by atoms with Crippen molar-refractivity contribution in [3.8, 4) is 5.75 Å². The molecule has 0 bridgehead atoms. The van der Waals surface area contributed by atoms with Gasteiger partial charge in [0.1, 0.15) is 35.5 Å². The molecule has 5 rings (SSSR count). The average molecular weight is 542 g/mol. The molecule has 2 amide bonds. The van der Waals surface area contributed by atoms with Crippen LogP contribution in [0, 0.1) is 11.6 Å². The smallest absolute Gasteiger partial charge is 0.251 e. The minimum atomic E-state index is -1.23. The summed E-state index contributed by atoms with van der Waals surface area (Å²) in [6.07, 6.45) is 0. The lowest BCUT2D eigenvalue weighted by Crippen LogP contribution is -2.42. The van der Waals surface area contributed by atoms with Crippen LogP contribution in [0.4, 0.5) is 14.5 Å². The van der Waals surface area contributed by atoms with E-state index in [4.69, 9.17) is 4.74 Å². The molecule has 1 N–H and O–H groups in total. The van der Waals surface area contributed by atoms with E-state index < -0.39 is 29.5 Å². The van der Waals surface area contributed by atoms with E-state index in [1.165, 1.54) is 59.2 Å². The van der Waals surface area contributed by atoms with E-state index in [9.17, 15) is 18.4 Å². The van der Waals surface area contributed by atoms with Crippen LogP contribution in [0.1, 0.15) is 17.2 Å². The Kier molecular flexibility index (Phi) is 7.77. The summed E-state index contributed by atoms with van der Waals surface area (Å²) < 4.78 is 34.7. The first kappa shape index (κ1) is 26.5. The lowest BCUT2D eigenvalue weighted by molar-refractivity contribution is -0.140. The molecule has 202 valence electrons. The van der Waals surface area contributed by atoms with Gasteiger partial charge in [0.05, 0.1) is 12.6 Å². The van der Waals surface area contributed by atoms with Crippen molar-refractivity contribution in [2.24, 2.45) is 0 Å². The van der Waals surface area contributed by atoms with Gasteiger partial charge in [0.15, 0.2) is 0 Å². The number of para-hydroxylation sites is 1. The summed E-state index contributed by atoms with van der Waals surface area (Å²) in [7, 11) is 1.53. The number of fused-ring (bicyclic) bond motifs is 1. The van der Waals surface area contributed by atoms with Gasteiger partial charge in [-0.1, -0.05) is 41.6 Å². The van der Waals surface area contributed by atoms with Crippen molar-refractivity contribution in [2.75, 3.05) is 12.4 Å². The molecular formula is C30H25F2N5O3. The van der Waals surface area contributed by atoms with E-state index in [0.717, 1.165) is 0 Å². The summed E-state index contributed by atoms with van der Waals surface area (Å²) >= 11 is 0. The van der Waals surface area contributed by atoms with E-state index in [0.29, 0.717) is 28.0 Å². The fraction of sp³-hybridized carbons (Fsp3) is 0.133. The van der Waals surface area contributed by atoms with Gasteiger partial charge in [-0.05, 0) is 71.8 Å². The highest BCUT2D eigenvalue weighted by Gasteiger charge is 2.32. The van der Waals surface area contributed by atoms with Gasteiger partial charge in [0.2, 0.25) is 5.91 Å². The molecule has 40 heavy (non-hydrogen) atoms. The van der Waals surface area contributed by atoms with E-state index in [1.807, 2.05) is 6.07 Å². The molecule has 5 aromatic rings. The Hall–Kier alpha value is -5.12. The summed E-state index contributed by atoms with van der Waals surface area (Å²) in [6.45, 7) is -0.285. The lowest BCUT2D eigenvalue weighted by Gasteiger charge is -2.31. The maximum Gasteiger partial charge on any atom is 0.251 e. The minimum Gasteiger partial charge on any atom is -0.497 e. The number of methoxy groups -OCH3 is 1. The van der Waals surface area contributed by atoms with Gasteiger partial charge in [-0.15, -0.1) is 5.10 Å². The Morgan fingerprint density at radius 1 is 0.925 bits per heavy atom. The van der Waals surface area contributed by atoms with Crippen LogP contribution < -0.4 is 10.1 Å². The zero-order valence-electron chi connectivity index (χ0n) is 21.5. The van der Waals surface area contributed by atoms with Crippen molar-refractivity contribution in [1.82, 2.24) is 19.9 Å². The second-order valence-electron chi connectivity index (χ2n) is 9.06. The first-order valence-corrected chi connectivity index (χ1v) is 12.4. The summed E-state index contributed by atoms with van der Waals surface area (Å²) in [5.41, 5.74) is 2.56. The zero-order chi connectivity index (χ0) is 28.1. The summed E-state index contributed by atoms with van der Waals surface area (Å²) in [4.78, 5) is 29.1. The number of nitrogens with one attached hydrogen (secondary N) is 1. The van der Waals surface area contributed by atoms with Gasteiger partial charge in [-0.25, -0.2) is 13.5 Å². The highest BCUT2D eigenvalue weighted by atomic mass is 19.1. The van der Waals surface area contributed by atoms with Crippen molar-refractivity contribution in [1.29, 1.82) is 0 Å². The number of carbonyl (C=O) groups is 2. The van der Waals surface area contributed by atoms with Gasteiger partial charge in [-0.3, -0.25) is 9.59 Å². The number of hydrogen-bond acceptors (Lipinski definition) is 5. The van der Waals surface area contributed by atoms with Crippen molar-refractivity contribution < 1.29 is 23.1 Å². The highest BCUT2D eigenvalue weighted by molar-refractivity contribution is 5.98. The number of anilines is 1. The van der Waals surface area contributed by atoms with Crippen LogP contribution in [0.25, 0.3) is 11.0 Å². The SMILES string of the molecule is COc1ccc(NC(=O)C(c2cccc(F)c2)N(Cc2ccc(F)cc2)C(=O)Cn2nnc3ccccc32)cc1. The Balaban J connectivity index is 1.54. The van der Waals surface area contributed by atoms with Gasteiger partial charge in [0, 0.05) is 12.2 Å². The molecule has 0 spiro atoms. The molecule has 1 aromatic heterocycles. The number of ether oxygens (including phenoxy) is 1. The number of benzene rings is 4. The van der Waals surface area contributed by atoms with Crippen LogP contribution in [0.3, 0.4) is 0 Å². The molecule has 0 aliphatic heterocycles. The lowest BCUT2D eigenvalue weighted by atomic mass is 10.0. The molecule has 1 atom stereocenters. The fourth-order valence-electron chi connectivity index (χ4n) is 4.40. The first-order valence-electron chi connectivity index (χ1n) is 12.4. The molecule has 10 heteroatoms. The molecule has 0 aliphatic rings. The van der Waals surface area contributed by atoms with E-state index in [2.05, 4.69) is 15.6 Å². The van der Waals surface area contributed by atoms with E-state index >= 15 is 0 Å². The maximum atomic E-state index is 14.4. The number of hydrogen-bond donors (Lipinski definition) is 1. The number of carbonyl (C=O) groups excluding carboxylic acids is 2. The predicted octanol–water partition coefficient (Wildman–Crippen LogP) is 5.13. The molecule has 0 saturated carbocycles. The van der Waals surface area contributed by atoms with Gasteiger partial charge in [-0.2, -0.15) is 0 Å². The largest absolute Gasteiger partial charge is 0.497 e. The number of rotatable bonds is 9. The van der Waals surface area contributed by atoms with Crippen LogP contribution in [0.2, 0.25) is 0 Å². The number of nitrogens with zero attached hydrogens (tertiary/aromatic N) is 4. The Morgan fingerprint density at radius 2 is 1.68 bits per heavy atom. The maximum absolute atomic E-state index is 14.4. The second kappa shape index (κ2) is 11.7. The van der Waals surface area contributed by atoms with Crippen molar-refractivity contribution >= 4 is 28.5 Å². The van der Waals surface area contributed by atoms with Crippen molar-refractivity contribution in [3.05, 3.63) is 120 Å². The van der Waals surface area contributed by atoms with Crippen LogP contribution >= 0.6 is 0 Å². The zero-order valence-corrected chi connectivity index (χ0v) is 21.5. The molecule has 0 saturated heterocycles. The van der Waals surface area contributed by atoms with Crippen molar-refractivity contribution in [3.63, 3.8) is 0 Å². The molecule has 1 unspecified atom stereocenters. The van der Waals surface area contributed by atoms with Crippen LogP contribution in [-0.2, 0) is 22.7 Å². The van der Waals surface area contributed by atoms with Crippen LogP contribution in [-0.4, -0.2) is 38.8 Å². The topological polar surface area (TPSA) is 89.4 Å². The number of halogens is 2. The molecule has 0 fully saturated rings. The molecule has 1 heterocycles. The van der Waals surface area contributed by atoms with E-state index in [1.54, 1.807) is 48.5 Å². The predicted molar refractivity (Wildman–Crippen MR) is 145 cm³/mol. The summed E-state index contributed by atoms with van der Waals surface area (Å²) in [6, 6.07) is 23.8. The van der Waals surface area contributed by atoms with Gasteiger partial charge < -0.3 is 15.0 Å². The first-order chi connectivity index (χ1) is 19.4. The van der Waals surface area contributed by atoms with Crippen LogP contribution in [0.5, 0.6) is 5.75 Å². The standard InChI is InChI=1S/C30H25F2N5O3/c1-40-25-15-13-24(14-16-25)33-30(39)29(21-5-4-6-23(32)17-21)36(18-20-9-11-22(31)12-10-20)28(38)19-37-27-8-3-2-7-26(27)34-35-37/h2-17,29H,18-19H2,1H3,(H,33,39). The normalized spacial score (nSPS) is 11.7. The van der Waals surface area contributed by atoms with Crippen molar-refractivity contribution in [2.45, 2.75) is 19.1 Å². The molecule has 0 aliphatic carbocycles. The third kappa shape index (κ3) is 5.96. The minimum absolute atomic E-state index is 0.0526. The third-order valence-corrected chi connectivity index (χ3v) is 6.37. The van der Waals surface area contributed by atoms with Gasteiger partial charge in [0.25, 0.3) is 5.91 Å². The summed E-state index contributed by atoms with van der Waals surface area (Å²) in [5, 5.41) is 11.0. The van der Waals surface area contributed by atoms with Crippen LogP contribution in [0.15, 0.2) is 97.1 Å².